The number of rotatable bonds is 1. The van der Waals surface area contributed by atoms with Crippen molar-refractivity contribution in [3.8, 4) is 33.9 Å². The molecule has 3 heterocycles. The summed E-state index contributed by atoms with van der Waals surface area (Å²) >= 11 is 0. The molecule has 4 nitrogen and oxygen atoms in total. The molecule has 0 spiro atoms. The number of aliphatic hydroxyl groups is 1. The van der Waals surface area contributed by atoms with Crippen LogP contribution in [0.25, 0.3) is 33.3 Å². The van der Waals surface area contributed by atoms with Crippen LogP contribution in [-0.2, 0) is 24.9 Å². The van der Waals surface area contributed by atoms with Crippen molar-refractivity contribution < 1.29 is 34.7 Å². The van der Waals surface area contributed by atoms with Gasteiger partial charge in [-0.3, -0.25) is 9.78 Å². The van der Waals surface area contributed by atoms with Gasteiger partial charge in [0.1, 0.15) is 11.5 Å². The molecule has 0 atom stereocenters. The molecule has 0 unspecified atom stereocenters. The van der Waals surface area contributed by atoms with Crippen LogP contribution in [0.3, 0.4) is 0 Å². The molecule has 0 amide bonds. The van der Waals surface area contributed by atoms with E-state index in [0.29, 0.717) is 0 Å². The summed E-state index contributed by atoms with van der Waals surface area (Å²) in [5.41, 5.74) is 5.51. The van der Waals surface area contributed by atoms with E-state index in [1.165, 1.54) is 41.4 Å². The zero-order chi connectivity index (χ0) is 23.3. The van der Waals surface area contributed by atoms with Crippen molar-refractivity contribution in [3.63, 3.8) is 0 Å². The van der Waals surface area contributed by atoms with Crippen molar-refractivity contribution >= 4 is 35.1 Å². The number of aromatic nitrogens is 1. The Bertz CT molecular complexity index is 1470. The Morgan fingerprint density at radius 2 is 1.74 bits per heavy atom. The first-order valence-corrected chi connectivity index (χ1v) is 13.9. The molecule has 173 valence electrons. The average molecular weight is 643 g/mol. The molecular formula is C28H24IrNO3Si-. The van der Waals surface area contributed by atoms with Crippen LogP contribution in [0.1, 0.15) is 13.8 Å². The van der Waals surface area contributed by atoms with E-state index < -0.39 is 8.07 Å². The molecule has 0 saturated carbocycles. The van der Waals surface area contributed by atoms with Crippen molar-refractivity contribution in [1.29, 1.82) is 0 Å². The number of fused-ring (bicyclic) bond motifs is 3. The Hall–Kier alpha value is -3.05. The molecule has 1 N–H and O–H groups in total. The molecule has 34 heavy (non-hydrogen) atoms. The van der Waals surface area contributed by atoms with Gasteiger partial charge in [0, 0.05) is 37.3 Å². The van der Waals surface area contributed by atoms with Gasteiger partial charge in [0.05, 0.1) is 19.3 Å². The monoisotopic (exact) mass is 643 g/mol. The van der Waals surface area contributed by atoms with Crippen molar-refractivity contribution in [3.05, 3.63) is 78.6 Å². The summed E-state index contributed by atoms with van der Waals surface area (Å²) < 4.78 is 6.44. The number of nitrogens with zero attached hydrogens (tertiary/aromatic N) is 1. The van der Waals surface area contributed by atoms with Gasteiger partial charge in [-0.1, -0.05) is 54.2 Å². The van der Waals surface area contributed by atoms with Gasteiger partial charge in [0.15, 0.2) is 5.78 Å². The Labute approximate surface area is 213 Å². The van der Waals surface area contributed by atoms with Gasteiger partial charge in [-0.25, -0.2) is 0 Å². The summed E-state index contributed by atoms with van der Waals surface area (Å²) in [4.78, 5) is 15.0. The smallest absolute Gasteiger partial charge is 0.155 e. The number of ketones is 1. The maximum atomic E-state index is 10.0. The Balaban J connectivity index is 0.000000303. The van der Waals surface area contributed by atoms with Crippen LogP contribution >= 0.6 is 0 Å². The molecule has 0 bridgehead atoms. The third kappa shape index (κ3) is 3.92. The zero-order valence-corrected chi connectivity index (χ0v) is 22.8. The number of ether oxygens (including phenoxy) is 1. The van der Waals surface area contributed by atoms with Crippen molar-refractivity contribution in [1.82, 2.24) is 4.98 Å². The van der Waals surface area contributed by atoms with Gasteiger partial charge < -0.3 is 9.84 Å². The molecule has 1 aromatic heterocycles. The summed E-state index contributed by atoms with van der Waals surface area (Å²) in [6.07, 6.45) is 1.17. The number of hydrogen-bond acceptors (Lipinski definition) is 4. The second-order valence-corrected chi connectivity index (χ2v) is 13.3. The summed E-state index contributed by atoms with van der Waals surface area (Å²) in [5.74, 6) is 1.70. The van der Waals surface area contributed by atoms with Crippen molar-refractivity contribution in [2.45, 2.75) is 26.9 Å². The van der Waals surface area contributed by atoms with Crippen LogP contribution in [0.4, 0.5) is 0 Å². The first-order chi connectivity index (χ1) is 15.8. The number of para-hydroxylation sites is 1. The average Bonchev–Trinajstić information content (AvgIpc) is 2.92. The normalized spacial score (nSPS) is 13.9. The van der Waals surface area contributed by atoms with E-state index in [2.05, 4.69) is 67.7 Å². The first kappa shape index (κ1) is 24.1. The van der Waals surface area contributed by atoms with E-state index in [9.17, 15) is 4.79 Å². The topological polar surface area (TPSA) is 59.4 Å². The molecular weight excluding hydrogens is 619 g/mol. The maximum Gasteiger partial charge on any atom is 0.155 e. The summed E-state index contributed by atoms with van der Waals surface area (Å²) in [5, 5.41) is 12.4. The molecule has 0 aliphatic carbocycles. The minimum atomic E-state index is -1.73. The van der Waals surface area contributed by atoms with Gasteiger partial charge in [-0.2, -0.15) is 0 Å². The number of hydrogen-bond donors (Lipinski definition) is 1. The fourth-order valence-corrected chi connectivity index (χ4v) is 7.82. The van der Waals surface area contributed by atoms with Crippen LogP contribution in [0.2, 0.25) is 13.1 Å². The van der Waals surface area contributed by atoms with Gasteiger partial charge in [0.25, 0.3) is 0 Å². The Morgan fingerprint density at radius 1 is 1.00 bits per heavy atom. The number of allylic oxidation sites excluding steroid dienone is 2. The van der Waals surface area contributed by atoms with Crippen molar-refractivity contribution in [2.24, 2.45) is 0 Å². The van der Waals surface area contributed by atoms with E-state index in [1.54, 1.807) is 0 Å². The summed E-state index contributed by atoms with van der Waals surface area (Å²) in [7, 11) is -1.73. The van der Waals surface area contributed by atoms with Crippen LogP contribution in [0.15, 0.2) is 72.5 Å². The Morgan fingerprint density at radius 3 is 2.44 bits per heavy atom. The predicted octanol–water partition coefficient (Wildman–Crippen LogP) is 5.65. The number of aliphatic hydroxyl groups excluding tert-OH is 1. The number of pyridine rings is 1. The fraction of sp³-hybridized carbons (Fsp3) is 0.143. The first-order valence-electron chi connectivity index (χ1n) is 10.9. The minimum Gasteiger partial charge on any atom is -0.512 e. The van der Waals surface area contributed by atoms with E-state index in [1.807, 2.05) is 12.1 Å². The zero-order valence-electron chi connectivity index (χ0n) is 19.4. The van der Waals surface area contributed by atoms with Crippen LogP contribution < -0.4 is 15.1 Å². The molecule has 6 heteroatoms. The van der Waals surface area contributed by atoms with E-state index in [0.717, 1.165) is 33.7 Å². The largest absolute Gasteiger partial charge is 0.512 e. The molecule has 0 fully saturated rings. The van der Waals surface area contributed by atoms with E-state index >= 15 is 0 Å². The summed E-state index contributed by atoms with van der Waals surface area (Å²) in [6.45, 7) is 7.68. The molecule has 4 aromatic rings. The van der Waals surface area contributed by atoms with Gasteiger partial charge in [-0.15, -0.1) is 28.9 Å². The predicted molar refractivity (Wildman–Crippen MR) is 135 cm³/mol. The number of carbonyl (C=O) groups excluding carboxylic acids is 1. The van der Waals surface area contributed by atoms with Crippen LogP contribution in [0.5, 0.6) is 11.5 Å². The van der Waals surface area contributed by atoms with Crippen molar-refractivity contribution in [2.75, 3.05) is 0 Å². The second-order valence-electron chi connectivity index (χ2n) is 8.97. The molecule has 3 aromatic carbocycles. The van der Waals surface area contributed by atoms with E-state index in [4.69, 9.17) is 14.8 Å². The third-order valence-corrected chi connectivity index (χ3v) is 9.70. The molecule has 0 saturated heterocycles. The van der Waals surface area contributed by atoms with Crippen LogP contribution in [-0.4, -0.2) is 23.9 Å². The minimum absolute atomic E-state index is 0. The Kier molecular flexibility index (Phi) is 6.34. The second kappa shape index (κ2) is 8.95. The van der Waals surface area contributed by atoms with Gasteiger partial charge >= 0.3 is 0 Å². The molecule has 1 radical (unpaired) electrons. The standard InChI is InChI=1S/C23H16NOSi.C5H8O2.Ir/c1-26(2)19-11-5-8-15-21(19)22-17(10-6-12-20(22)26)25-18-13-14-7-3-4-9-16(14)24-23(15)18;1-4(6)3-5(2)7;/h3-7,9-13H,1-2H3;3,6H,1-2H3;/q-1;;/b;4-3-;. The van der Waals surface area contributed by atoms with E-state index in [-0.39, 0.29) is 31.6 Å². The van der Waals surface area contributed by atoms with Gasteiger partial charge in [-0.05, 0) is 37.6 Å². The molecule has 6 rings (SSSR count). The molecule has 2 aliphatic heterocycles. The fourth-order valence-electron chi connectivity index (χ4n) is 4.77. The van der Waals surface area contributed by atoms with Gasteiger partial charge in [0.2, 0.25) is 0 Å². The number of carbonyl (C=O) groups is 1. The SMILES string of the molecule is CC(=O)/C=C(/C)O.C[Si]1(C)c2cc[c-]c3c2-c2c(cccc21)Oc1cc2ccccc2nc1-3.[Ir]. The summed E-state index contributed by atoms with van der Waals surface area (Å²) in [6, 6.07) is 24.6. The maximum absolute atomic E-state index is 10.0. The molecule has 2 aliphatic rings. The quantitative estimate of drug-likeness (QED) is 0.111. The third-order valence-electron chi connectivity index (χ3n) is 6.18. The van der Waals surface area contributed by atoms with Crippen LogP contribution in [0, 0.1) is 6.07 Å². The number of benzene rings is 3.